The molecule has 13 heteroatoms. The highest BCUT2D eigenvalue weighted by atomic mass is 19.1. The predicted molar refractivity (Wildman–Crippen MR) is 159 cm³/mol. The average molecular weight is 603 g/mol. The topological polar surface area (TPSA) is 147 Å². The third-order valence-corrected chi connectivity index (χ3v) is 7.07. The van der Waals surface area contributed by atoms with Gasteiger partial charge in [0.25, 0.3) is 0 Å². The van der Waals surface area contributed by atoms with E-state index in [2.05, 4.69) is 32.2 Å². The molecule has 0 bridgehead atoms. The van der Waals surface area contributed by atoms with Gasteiger partial charge in [-0.2, -0.15) is 9.97 Å². The Bertz CT molecular complexity index is 1680. The number of ether oxygens (including phenoxy) is 3. The Kier molecular flexibility index (Phi) is 8.67. The number of benzene rings is 2. The molecule has 2 aromatic heterocycles. The SMILES string of the molecule is C=C[C@@]1(F)[C@H](OC(=O)c2ccccc2)[C@@H](COC(=O)c2ccccc2)O[C@H]1n1cnc2c(NC)nc(NC(=O)C(C)C)nc21. The third-order valence-electron chi connectivity index (χ3n) is 7.07. The van der Waals surface area contributed by atoms with Crippen LogP contribution in [0.25, 0.3) is 11.2 Å². The summed E-state index contributed by atoms with van der Waals surface area (Å²) in [6, 6.07) is 16.3. The first-order valence-electron chi connectivity index (χ1n) is 13.9. The van der Waals surface area contributed by atoms with Gasteiger partial charge in [-0.1, -0.05) is 56.8 Å². The van der Waals surface area contributed by atoms with E-state index < -0.39 is 42.7 Å². The number of halogens is 1. The molecule has 12 nitrogen and oxygen atoms in total. The largest absolute Gasteiger partial charge is 0.459 e. The summed E-state index contributed by atoms with van der Waals surface area (Å²) in [7, 11) is 1.61. The van der Waals surface area contributed by atoms with Crippen molar-refractivity contribution >= 4 is 40.8 Å². The minimum Gasteiger partial charge on any atom is -0.459 e. The number of esters is 2. The molecular formula is C31H31FN6O6. The van der Waals surface area contributed by atoms with Crippen LogP contribution in [0.15, 0.2) is 79.6 Å². The Morgan fingerprint density at radius 3 is 2.30 bits per heavy atom. The fourth-order valence-corrected chi connectivity index (χ4v) is 4.70. The fraction of sp³-hybridized carbons (Fsp3) is 0.290. The lowest BCUT2D eigenvalue weighted by molar-refractivity contribution is -0.118. The third kappa shape index (κ3) is 5.86. The summed E-state index contributed by atoms with van der Waals surface area (Å²) >= 11 is 0. The minimum atomic E-state index is -2.55. The van der Waals surface area contributed by atoms with Crippen LogP contribution in [0, 0.1) is 5.92 Å². The molecule has 1 aliphatic rings. The molecule has 3 heterocycles. The lowest BCUT2D eigenvalue weighted by Gasteiger charge is -2.28. The Balaban J connectivity index is 1.53. The lowest BCUT2D eigenvalue weighted by atomic mass is 9.95. The number of hydrogen-bond acceptors (Lipinski definition) is 10. The molecule has 44 heavy (non-hydrogen) atoms. The van der Waals surface area contributed by atoms with Crippen LogP contribution in [0.2, 0.25) is 0 Å². The van der Waals surface area contributed by atoms with Crippen molar-refractivity contribution in [3.8, 4) is 0 Å². The number of nitrogens with one attached hydrogen (secondary N) is 2. The average Bonchev–Trinajstić information content (AvgIpc) is 3.58. The van der Waals surface area contributed by atoms with Crippen molar-refractivity contribution in [3.63, 3.8) is 0 Å². The first-order chi connectivity index (χ1) is 21.2. The molecule has 1 fully saturated rings. The molecule has 1 aliphatic heterocycles. The van der Waals surface area contributed by atoms with Crippen LogP contribution < -0.4 is 10.6 Å². The number of hydrogen-bond donors (Lipinski definition) is 2. The van der Waals surface area contributed by atoms with Gasteiger partial charge >= 0.3 is 11.9 Å². The Labute approximate surface area is 252 Å². The zero-order valence-corrected chi connectivity index (χ0v) is 24.3. The Hall–Kier alpha value is -5.17. The predicted octanol–water partition coefficient (Wildman–Crippen LogP) is 4.34. The fourth-order valence-electron chi connectivity index (χ4n) is 4.70. The zero-order valence-electron chi connectivity index (χ0n) is 24.3. The molecule has 1 saturated heterocycles. The van der Waals surface area contributed by atoms with Crippen molar-refractivity contribution in [1.29, 1.82) is 0 Å². The van der Waals surface area contributed by atoms with E-state index in [0.29, 0.717) is 0 Å². The summed E-state index contributed by atoms with van der Waals surface area (Å²) in [5.41, 5.74) is -1.70. The maximum absolute atomic E-state index is 17.2. The van der Waals surface area contributed by atoms with Crippen LogP contribution in [0.5, 0.6) is 0 Å². The summed E-state index contributed by atoms with van der Waals surface area (Å²) in [5.74, 6) is -1.92. The second kappa shape index (κ2) is 12.6. The van der Waals surface area contributed by atoms with E-state index in [1.165, 1.54) is 23.0 Å². The van der Waals surface area contributed by atoms with Crippen LogP contribution in [0.1, 0.15) is 40.8 Å². The monoisotopic (exact) mass is 602 g/mol. The van der Waals surface area contributed by atoms with E-state index in [0.717, 1.165) is 6.08 Å². The second-order valence-corrected chi connectivity index (χ2v) is 10.3. The quantitative estimate of drug-likeness (QED) is 0.199. The van der Waals surface area contributed by atoms with Crippen LogP contribution in [-0.4, -0.2) is 68.9 Å². The molecule has 0 aliphatic carbocycles. The molecule has 2 N–H and O–H groups in total. The van der Waals surface area contributed by atoms with Crippen LogP contribution in [-0.2, 0) is 19.0 Å². The number of carbonyl (C=O) groups excluding carboxylic acids is 3. The minimum absolute atomic E-state index is 0.0382. The van der Waals surface area contributed by atoms with Gasteiger partial charge < -0.3 is 19.5 Å². The van der Waals surface area contributed by atoms with E-state index >= 15 is 4.39 Å². The zero-order chi connectivity index (χ0) is 31.4. The van der Waals surface area contributed by atoms with E-state index in [9.17, 15) is 14.4 Å². The highest BCUT2D eigenvalue weighted by molar-refractivity contribution is 5.93. The van der Waals surface area contributed by atoms with Gasteiger partial charge in [-0.15, -0.1) is 0 Å². The van der Waals surface area contributed by atoms with E-state index in [4.69, 9.17) is 14.2 Å². The van der Waals surface area contributed by atoms with E-state index in [1.54, 1.807) is 69.4 Å². The van der Waals surface area contributed by atoms with Crippen molar-refractivity contribution in [2.24, 2.45) is 5.92 Å². The van der Waals surface area contributed by atoms with Gasteiger partial charge in [0.15, 0.2) is 29.3 Å². The highest BCUT2D eigenvalue weighted by Gasteiger charge is 2.60. The molecule has 228 valence electrons. The van der Waals surface area contributed by atoms with Gasteiger partial charge in [-0.3, -0.25) is 14.7 Å². The van der Waals surface area contributed by atoms with Crippen LogP contribution in [0.3, 0.4) is 0 Å². The number of rotatable bonds is 10. The number of amides is 1. The molecule has 0 radical (unpaired) electrons. The summed E-state index contributed by atoms with van der Waals surface area (Å²) in [4.78, 5) is 51.3. The maximum Gasteiger partial charge on any atom is 0.338 e. The number of carbonyl (C=O) groups is 3. The maximum atomic E-state index is 17.2. The second-order valence-electron chi connectivity index (χ2n) is 10.3. The summed E-state index contributed by atoms with van der Waals surface area (Å²) in [6.45, 7) is 6.66. The molecule has 5 rings (SSSR count). The molecule has 1 amide bonds. The van der Waals surface area contributed by atoms with Crippen molar-refractivity contribution in [3.05, 3.63) is 90.8 Å². The molecule has 0 unspecified atom stereocenters. The lowest BCUT2D eigenvalue weighted by Crippen LogP contribution is -2.45. The Morgan fingerprint density at radius 1 is 1.07 bits per heavy atom. The van der Waals surface area contributed by atoms with Crippen molar-refractivity contribution in [2.75, 3.05) is 24.3 Å². The van der Waals surface area contributed by atoms with Gasteiger partial charge in [-0.25, -0.2) is 19.0 Å². The first kappa shape index (κ1) is 30.3. The number of alkyl halides is 1. The van der Waals surface area contributed by atoms with E-state index in [-0.39, 0.29) is 45.9 Å². The summed E-state index contributed by atoms with van der Waals surface area (Å²) in [5, 5.41) is 5.54. The number of fused-ring (bicyclic) bond motifs is 1. The molecule has 0 spiro atoms. The summed E-state index contributed by atoms with van der Waals surface area (Å²) in [6.07, 6.45) is -2.10. The number of imidazole rings is 1. The number of anilines is 2. The number of aromatic nitrogens is 4. The number of nitrogens with zero attached hydrogens (tertiary/aromatic N) is 4. The van der Waals surface area contributed by atoms with Gasteiger partial charge in [-0.05, 0) is 30.3 Å². The van der Waals surface area contributed by atoms with Crippen molar-refractivity contribution in [2.45, 2.75) is 38.0 Å². The van der Waals surface area contributed by atoms with Gasteiger partial charge in [0.2, 0.25) is 17.5 Å². The molecule has 4 atom stereocenters. The molecular weight excluding hydrogens is 571 g/mol. The first-order valence-corrected chi connectivity index (χ1v) is 13.9. The van der Waals surface area contributed by atoms with Gasteiger partial charge in [0, 0.05) is 13.0 Å². The molecule has 4 aromatic rings. The van der Waals surface area contributed by atoms with Crippen LogP contribution >= 0.6 is 0 Å². The van der Waals surface area contributed by atoms with Crippen molar-refractivity contribution < 1.29 is 33.0 Å². The molecule has 2 aromatic carbocycles. The Morgan fingerprint density at radius 2 is 1.70 bits per heavy atom. The normalized spacial score (nSPS) is 21.2. The smallest absolute Gasteiger partial charge is 0.338 e. The summed E-state index contributed by atoms with van der Waals surface area (Å²) < 4.78 is 35.8. The highest BCUT2D eigenvalue weighted by Crippen LogP contribution is 2.46. The van der Waals surface area contributed by atoms with Crippen molar-refractivity contribution in [1.82, 2.24) is 19.5 Å². The van der Waals surface area contributed by atoms with Gasteiger partial charge in [0.05, 0.1) is 17.5 Å². The standard InChI is InChI=1S/C31H31FN6O6/c1-5-31(32)23(44-28(41)20-14-10-7-11-15-20)21(16-42-27(40)19-12-8-6-9-13-19)43-29(31)38-17-34-22-24(33-4)35-30(36-25(22)38)37-26(39)18(2)3/h5-15,17-18,21,23,29H,1,16H2,2-4H3,(H2,33,35,36,37,39)/t21-,23-,29-,31-/m1/s1. The van der Waals surface area contributed by atoms with E-state index in [1.807, 2.05) is 0 Å². The van der Waals surface area contributed by atoms with Gasteiger partial charge in [0.1, 0.15) is 12.7 Å². The molecule has 0 saturated carbocycles. The van der Waals surface area contributed by atoms with Crippen LogP contribution in [0.4, 0.5) is 16.2 Å².